The standard InChI is InChI=1S/C21H22ClNO4S2/c1-13-18(23-20(28-13)14-6-8-15(22)9-7-14)17-16(24)12-21(10-4-3-5-11-21)19(17)27-29(2,25)26/h6-9H,3-5,10-12H2,1-2H3. The smallest absolute Gasteiger partial charge is 0.305 e. The number of benzene rings is 1. The molecule has 2 aromatic rings. The van der Waals surface area contributed by atoms with E-state index in [9.17, 15) is 13.2 Å². The zero-order valence-corrected chi connectivity index (χ0v) is 18.7. The van der Waals surface area contributed by atoms with Gasteiger partial charge in [-0.05, 0) is 31.9 Å². The molecule has 0 saturated heterocycles. The number of Topliss-reactive ketones (excluding diaryl/α,β-unsaturated/α-hetero) is 1. The second-order valence-electron chi connectivity index (χ2n) is 7.86. The monoisotopic (exact) mass is 451 g/mol. The fourth-order valence-electron chi connectivity index (χ4n) is 4.37. The number of carbonyl (C=O) groups excluding carboxylic acids is 1. The molecule has 0 unspecified atom stereocenters. The Hall–Kier alpha value is -1.70. The van der Waals surface area contributed by atoms with Crippen molar-refractivity contribution in [2.45, 2.75) is 45.4 Å². The fourth-order valence-corrected chi connectivity index (χ4v) is 5.98. The number of aromatic nitrogens is 1. The van der Waals surface area contributed by atoms with E-state index in [4.69, 9.17) is 20.8 Å². The van der Waals surface area contributed by atoms with Crippen LogP contribution in [0.2, 0.25) is 5.02 Å². The summed E-state index contributed by atoms with van der Waals surface area (Å²) in [5.74, 6) is 0.224. The Kier molecular flexibility index (Phi) is 5.34. The molecule has 154 valence electrons. The van der Waals surface area contributed by atoms with Gasteiger partial charge in [-0.3, -0.25) is 4.79 Å². The van der Waals surface area contributed by atoms with Crippen molar-refractivity contribution in [3.8, 4) is 10.6 Å². The Morgan fingerprint density at radius 1 is 1.14 bits per heavy atom. The van der Waals surface area contributed by atoms with Gasteiger partial charge in [0.15, 0.2) is 5.78 Å². The minimum atomic E-state index is -3.76. The van der Waals surface area contributed by atoms with Crippen molar-refractivity contribution >= 4 is 44.4 Å². The van der Waals surface area contributed by atoms with Gasteiger partial charge < -0.3 is 4.18 Å². The average Bonchev–Trinajstić information content (AvgIpc) is 3.13. The van der Waals surface area contributed by atoms with E-state index in [1.807, 2.05) is 19.1 Å². The Bertz CT molecular complexity index is 1090. The summed E-state index contributed by atoms with van der Waals surface area (Å²) >= 11 is 7.45. The number of allylic oxidation sites excluding steroid dienone is 2. The maximum Gasteiger partial charge on any atom is 0.305 e. The molecule has 8 heteroatoms. The van der Waals surface area contributed by atoms with Gasteiger partial charge in [-0.2, -0.15) is 8.42 Å². The third-order valence-electron chi connectivity index (χ3n) is 5.66. The SMILES string of the molecule is Cc1sc(-c2ccc(Cl)cc2)nc1C1=C(OS(C)(=O)=O)C2(CCCCC2)CC1=O. The number of aryl methyl sites for hydroxylation is 1. The van der Waals surface area contributed by atoms with Crippen LogP contribution in [0.3, 0.4) is 0 Å². The van der Waals surface area contributed by atoms with Crippen molar-refractivity contribution in [1.29, 1.82) is 0 Å². The van der Waals surface area contributed by atoms with E-state index in [1.165, 1.54) is 11.3 Å². The quantitative estimate of drug-likeness (QED) is 0.583. The van der Waals surface area contributed by atoms with Crippen LogP contribution in [0, 0.1) is 12.3 Å². The van der Waals surface area contributed by atoms with Gasteiger partial charge >= 0.3 is 10.1 Å². The third kappa shape index (κ3) is 4.00. The molecule has 1 aromatic carbocycles. The molecule has 1 spiro atoms. The highest BCUT2D eigenvalue weighted by atomic mass is 35.5. The van der Waals surface area contributed by atoms with Crippen molar-refractivity contribution < 1.29 is 17.4 Å². The highest BCUT2D eigenvalue weighted by molar-refractivity contribution is 7.86. The lowest BCUT2D eigenvalue weighted by atomic mass is 9.72. The molecule has 29 heavy (non-hydrogen) atoms. The van der Waals surface area contributed by atoms with Crippen LogP contribution >= 0.6 is 22.9 Å². The van der Waals surface area contributed by atoms with Crippen LogP contribution in [-0.4, -0.2) is 25.4 Å². The van der Waals surface area contributed by atoms with E-state index in [0.29, 0.717) is 28.5 Å². The summed E-state index contributed by atoms with van der Waals surface area (Å²) < 4.78 is 29.6. The van der Waals surface area contributed by atoms with E-state index in [1.54, 1.807) is 12.1 Å². The van der Waals surface area contributed by atoms with Crippen LogP contribution in [-0.2, 0) is 19.1 Å². The fraction of sp³-hybridized carbons (Fsp3) is 0.429. The summed E-state index contributed by atoms with van der Waals surface area (Å²) in [6.45, 7) is 1.90. The molecule has 0 bridgehead atoms. The van der Waals surface area contributed by atoms with Crippen LogP contribution < -0.4 is 0 Å². The summed E-state index contributed by atoms with van der Waals surface area (Å²) in [5, 5.41) is 1.40. The van der Waals surface area contributed by atoms with Gasteiger partial charge in [0, 0.05) is 27.3 Å². The van der Waals surface area contributed by atoms with Crippen LogP contribution in [0.1, 0.15) is 49.1 Å². The molecule has 0 N–H and O–H groups in total. The number of thiazole rings is 1. The first-order valence-electron chi connectivity index (χ1n) is 9.60. The maximum atomic E-state index is 13.1. The van der Waals surface area contributed by atoms with Gasteiger partial charge in [0.25, 0.3) is 0 Å². The van der Waals surface area contributed by atoms with Crippen molar-refractivity contribution in [2.24, 2.45) is 5.41 Å². The molecular weight excluding hydrogens is 430 g/mol. The first kappa shape index (κ1) is 20.6. The topological polar surface area (TPSA) is 73.3 Å². The Morgan fingerprint density at radius 3 is 2.41 bits per heavy atom. The molecule has 1 heterocycles. The van der Waals surface area contributed by atoms with Crippen molar-refractivity contribution in [2.75, 3.05) is 6.26 Å². The largest absolute Gasteiger partial charge is 0.386 e. The maximum absolute atomic E-state index is 13.1. The van der Waals surface area contributed by atoms with Crippen LogP contribution in [0.5, 0.6) is 0 Å². The zero-order chi connectivity index (χ0) is 20.8. The number of hydrogen-bond acceptors (Lipinski definition) is 6. The number of carbonyl (C=O) groups is 1. The number of hydrogen-bond donors (Lipinski definition) is 0. The summed E-state index contributed by atoms with van der Waals surface area (Å²) in [5.41, 5.74) is 1.25. The highest BCUT2D eigenvalue weighted by Gasteiger charge is 2.50. The summed E-state index contributed by atoms with van der Waals surface area (Å²) in [6.07, 6.45) is 5.87. The van der Waals surface area contributed by atoms with Crippen molar-refractivity contribution in [3.05, 3.63) is 45.6 Å². The molecule has 0 aliphatic heterocycles. The highest BCUT2D eigenvalue weighted by Crippen LogP contribution is 2.54. The molecule has 2 aliphatic rings. The summed E-state index contributed by atoms with van der Waals surface area (Å²) in [7, 11) is -3.76. The molecular formula is C21H22ClNO4S2. The van der Waals surface area contributed by atoms with Crippen LogP contribution in [0.4, 0.5) is 0 Å². The number of halogens is 1. The van der Waals surface area contributed by atoms with Crippen LogP contribution in [0.25, 0.3) is 16.1 Å². The third-order valence-corrected chi connectivity index (χ3v) is 7.40. The second-order valence-corrected chi connectivity index (χ2v) is 11.1. The molecule has 2 aliphatic carbocycles. The Balaban J connectivity index is 1.86. The summed E-state index contributed by atoms with van der Waals surface area (Å²) in [6, 6.07) is 7.35. The van der Waals surface area contributed by atoms with Crippen molar-refractivity contribution in [1.82, 2.24) is 4.98 Å². The van der Waals surface area contributed by atoms with Gasteiger partial charge in [-0.1, -0.05) is 43.0 Å². The second kappa shape index (κ2) is 7.52. The minimum absolute atomic E-state index is 0.0818. The number of nitrogens with zero attached hydrogens (tertiary/aromatic N) is 1. The predicted molar refractivity (Wildman–Crippen MR) is 115 cm³/mol. The van der Waals surface area contributed by atoms with Gasteiger partial charge in [0.1, 0.15) is 10.8 Å². The lowest BCUT2D eigenvalue weighted by Crippen LogP contribution is -2.26. The van der Waals surface area contributed by atoms with E-state index in [2.05, 4.69) is 0 Å². The molecule has 1 aromatic heterocycles. The van der Waals surface area contributed by atoms with Gasteiger partial charge in [0.05, 0.1) is 17.5 Å². The Labute approximate surface area is 179 Å². The molecule has 1 saturated carbocycles. The van der Waals surface area contributed by atoms with E-state index in [-0.39, 0.29) is 5.78 Å². The number of ketones is 1. The average molecular weight is 452 g/mol. The molecule has 0 radical (unpaired) electrons. The molecule has 5 nitrogen and oxygen atoms in total. The Morgan fingerprint density at radius 2 is 1.79 bits per heavy atom. The van der Waals surface area contributed by atoms with Gasteiger partial charge in [-0.15, -0.1) is 11.3 Å². The van der Waals surface area contributed by atoms with Gasteiger partial charge in [-0.25, -0.2) is 4.98 Å². The van der Waals surface area contributed by atoms with Gasteiger partial charge in [0.2, 0.25) is 0 Å². The first-order chi connectivity index (χ1) is 13.7. The predicted octanol–water partition coefficient (Wildman–Crippen LogP) is 5.38. The van der Waals surface area contributed by atoms with E-state index < -0.39 is 15.5 Å². The molecule has 1 fully saturated rings. The normalized spacial score (nSPS) is 19.2. The van der Waals surface area contributed by atoms with Crippen molar-refractivity contribution in [3.63, 3.8) is 0 Å². The van der Waals surface area contributed by atoms with Crippen LogP contribution in [0.15, 0.2) is 30.0 Å². The molecule has 4 rings (SSSR count). The first-order valence-corrected chi connectivity index (χ1v) is 12.6. The lowest BCUT2D eigenvalue weighted by molar-refractivity contribution is -0.114. The zero-order valence-electron chi connectivity index (χ0n) is 16.3. The molecule has 0 atom stereocenters. The van der Waals surface area contributed by atoms with E-state index in [0.717, 1.165) is 53.8 Å². The molecule has 0 amide bonds. The van der Waals surface area contributed by atoms with E-state index >= 15 is 0 Å². The number of rotatable bonds is 4. The lowest BCUT2D eigenvalue weighted by Gasteiger charge is -2.34. The minimum Gasteiger partial charge on any atom is -0.386 e. The summed E-state index contributed by atoms with van der Waals surface area (Å²) in [4.78, 5) is 18.7.